The van der Waals surface area contributed by atoms with Crippen LogP contribution in [-0.2, 0) is 0 Å². The number of rotatable bonds is 1. The number of phenolic OH excluding ortho intramolecular Hbond substituents is 1. The summed E-state index contributed by atoms with van der Waals surface area (Å²) in [7, 11) is 0. The van der Waals surface area contributed by atoms with E-state index in [1.807, 2.05) is 12.1 Å². The van der Waals surface area contributed by atoms with Gasteiger partial charge in [0, 0.05) is 16.1 Å². The second kappa shape index (κ2) is 3.07. The van der Waals surface area contributed by atoms with Gasteiger partial charge in [0.1, 0.15) is 5.75 Å². The summed E-state index contributed by atoms with van der Waals surface area (Å²) in [5, 5.41) is 12.8. The molecule has 0 aliphatic carbocycles. The summed E-state index contributed by atoms with van der Waals surface area (Å²) in [5.41, 5.74) is 0.996. The van der Waals surface area contributed by atoms with E-state index in [4.69, 9.17) is 0 Å². The molecule has 0 amide bonds. The number of halogens is 1. The minimum absolute atomic E-state index is 0.350. The van der Waals surface area contributed by atoms with Crippen LogP contribution in [0.25, 0.3) is 0 Å². The Bertz CT molecular complexity index is 297. The molecule has 1 aromatic carbocycles. The lowest BCUT2D eigenvalue weighted by Crippen LogP contribution is -2.34. The standard InChI is InChI=1S/C9H10BrNO/c10-6-1-2-9(12)7(5-6)8-3-4-11-8/h1-2,5,8,11-12H,3-4H2/t8-/m1/s1. The van der Waals surface area contributed by atoms with Gasteiger partial charge in [-0.3, -0.25) is 0 Å². The van der Waals surface area contributed by atoms with Gasteiger partial charge in [-0.1, -0.05) is 15.9 Å². The molecule has 64 valence electrons. The normalized spacial score (nSPS) is 21.9. The van der Waals surface area contributed by atoms with E-state index in [1.54, 1.807) is 6.07 Å². The van der Waals surface area contributed by atoms with Crippen molar-refractivity contribution >= 4 is 15.9 Å². The summed E-state index contributed by atoms with van der Waals surface area (Å²) in [6.45, 7) is 1.05. The van der Waals surface area contributed by atoms with Crippen LogP contribution >= 0.6 is 15.9 Å². The first-order valence-corrected chi connectivity index (χ1v) is 4.78. The molecular weight excluding hydrogens is 218 g/mol. The van der Waals surface area contributed by atoms with Crippen LogP contribution in [0.3, 0.4) is 0 Å². The monoisotopic (exact) mass is 227 g/mol. The number of benzene rings is 1. The van der Waals surface area contributed by atoms with E-state index in [2.05, 4.69) is 21.2 Å². The number of hydrogen-bond donors (Lipinski definition) is 2. The van der Waals surface area contributed by atoms with Gasteiger partial charge in [0.15, 0.2) is 0 Å². The summed E-state index contributed by atoms with van der Waals surface area (Å²) in [6, 6.07) is 5.88. The average Bonchev–Trinajstić information content (AvgIpc) is 1.93. The lowest BCUT2D eigenvalue weighted by molar-refractivity contribution is 0.364. The smallest absolute Gasteiger partial charge is 0.120 e. The predicted molar refractivity (Wildman–Crippen MR) is 51.2 cm³/mol. The van der Waals surface area contributed by atoms with Crippen molar-refractivity contribution in [2.45, 2.75) is 12.5 Å². The van der Waals surface area contributed by atoms with Gasteiger partial charge in [-0.25, -0.2) is 0 Å². The molecular formula is C9H10BrNO. The van der Waals surface area contributed by atoms with Gasteiger partial charge >= 0.3 is 0 Å². The van der Waals surface area contributed by atoms with Crippen molar-refractivity contribution in [2.24, 2.45) is 0 Å². The van der Waals surface area contributed by atoms with Crippen LogP contribution in [0.2, 0.25) is 0 Å². The van der Waals surface area contributed by atoms with Crippen LogP contribution in [0.4, 0.5) is 0 Å². The predicted octanol–water partition coefficient (Wildman–Crippen LogP) is 2.19. The summed E-state index contributed by atoms with van der Waals surface area (Å²) in [5.74, 6) is 0.385. The van der Waals surface area contributed by atoms with Crippen LogP contribution < -0.4 is 5.32 Å². The minimum atomic E-state index is 0.350. The van der Waals surface area contributed by atoms with Crippen LogP contribution in [0.1, 0.15) is 18.0 Å². The van der Waals surface area contributed by atoms with Gasteiger partial charge in [0.2, 0.25) is 0 Å². The fourth-order valence-electron chi connectivity index (χ4n) is 1.36. The van der Waals surface area contributed by atoms with Gasteiger partial charge < -0.3 is 10.4 Å². The minimum Gasteiger partial charge on any atom is -0.508 e. The highest BCUT2D eigenvalue weighted by Crippen LogP contribution is 2.32. The van der Waals surface area contributed by atoms with Gasteiger partial charge in [-0.05, 0) is 31.2 Å². The van der Waals surface area contributed by atoms with Crippen molar-refractivity contribution in [3.8, 4) is 5.75 Å². The van der Waals surface area contributed by atoms with Crippen LogP contribution in [0, 0.1) is 0 Å². The third-order valence-electron chi connectivity index (χ3n) is 2.19. The number of nitrogens with one attached hydrogen (secondary N) is 1. The highest BCUT2D eigenvalue weighted by Gasteiger charge is 2.21. The van der Waals surface area contributed by atoms with E-state index in [9.17, 15) is 5.11 Å². The molecule has 2 nitrogen and oxygen atoms in total. The van der Waals surface area contributed by atoms with Crippen molar-refractivity contribution in [3.63, 3.8) is 0 Å². The zero-order chi connectivity index (χ0) is 8.55. The maximum absolute atomic E-state index is 9.51. The molecule has 0 aromatic heterocycles. The second-order valence-corrected chi connectivity index (χ2v) is 3.91. The molecule has 0 bridgehead atoms. The molecule has 0 saturated carbocycles. The quantitative estimate of drug-likeness (QED) is 0.772. The molecule has 1 aliphatic heterocycles. The molecule has 1 aliphatic rings. The Morgan fingerprint density at radius 3 is 2.83 bits per heavy atom. The van der Waals surface area contributed by atoms with E-state index in [1.165, 1.54) is 0 Å². The second-order valence-electron chi connectivity index (χ2n) is 3.00. The fourth-order valence-corrected chi connectivity index (χ4v) is 1.74. The van der Waals surface area contributed by atoms with E-state index < -0.39 is 0 Å². The first kappa shape index (κ1) is 8.08. The van der Waals surface area contributed by atoms with Crippen molar-refractivity contribution in [1.82, 2.24) is 5.32 Å². The Morgan fingerprint density at radius 1 is 1.50 bits per heavy atom. The lowest BCUT2D eigenvalue weighted by Gasteiger charge is -2.28. The van der Waals surface area contributed by atoms with E-state index in [0.29, 0.717) is 11.8 Å². The summed E-state index contributed by atoms with van der Waals surface area (Å²) < 4.78 is 1.02. The van der Waals surface area contributed by atoms with Crippen LogP contribution in [0.5, 0.6) is 5.75 Å². The molecule has 2 rings (SSSR count). The fraction of sp³-hybridized carbons (Fsp3) is 0.333. The summed E-state index contributed by atoms with van der Waals surface area (Å²) in [6.07, 6.45) is 1.12. The largest absolute Gasteiger partial charge is 0.508 e. The topological polar surface area (TPSA) is 32.3 Å². The Morgan fingerprint density at radius 2 is 2.25 bits per heavy atom. The van der Waals surface area contributed by atoms with Gasteiger partial charge in [-0.15, -0.1) is 0 Å². The molecule has 0 radical (unpaired) electrons. The summed E-state index contributed by atoms with van der Waals surface area (Å²) in [4.78, 5) is 0. The first-order chi connectivity index (χ1) is 5.77. The van der Waals surface area contributed by atoms with Crippen LogP contribution in [0.15, 0.2) is 22.7 Å². The molecule has 2 N–H and O–H groups in total. The van der Waals surface area contributed by atoms with E-state index in [0.717, 1.165) is 23.0 Å². The molecule has 0 spiro atoms. The Labute approximate surface area is 79.7 Å². The number of aromatic hydroxyl groups is 1. The van der Waals surface area contributed by atoms with Crippen molar-refractivity contribution in [1.29, 1.82) is 0 Å². The zero-order valence-corrected chi connectivity index (χ0v) is 8.13. The van der Waals surface area contributed by atoms with Crippen molar-refractivity contribution in [2.75, 3.05) is 6.54 Å². The maximum atomic E-state index is 9.51. The molecule has 1 heterocycles. The molecule has 1 atom stereocenters. The van der Waals surface area contributed by atoms with Gasteiger partial charge in [0.25, 0.3) is 0 Å². The summed E-state index contributed by atoms with van der Waals surface area (Å²) >= 11 is 3.38. The maximum Gasteiger partial charge on any atom is 0.120 e. The molecule has 1 fully saturated rings. The van der Waals surface area contributed by atoms with Crippen LogP contribution in [-0.4, -0.2) is 11.7 Å². The van der Waals surface area contributed by atoms with E-state index >= 15 is 0 Å². The number of hydrogen-bond acceptors (Lipinski definition) is 2. The highest BCUT2D eigenvalue weighted by atomic mass is 79.9. The Kier molecular flexibility index (Phi) is 2.07. The molecule has 0 unspecified atom stereocenters. The zero-order valence-electron chi connectivity index (χ0n) is 6.55. The lowest BCUT2D eigenvalue weighted by atomic mass is 9.97. The van der Waals surface area contributed by atoms with E-state index in [-0.39, 0.29) is 0 Å². The van der Waals surface area contributed by atoms with Gasteiger partial charge in [-0.2, -0.15) is 0 Å². The first-order valence-electron chi connectivity index (χ1n) is 3.99. The average molecular weight is 228 g/mol. The number of phenols is 1. The van der Waals surface area contributed by atoms with Gasteiger partial charge in [0.05, 0.1) is 0 Å². The molecule has 3 heteroatoms. The van der Waals surface area contributed by atoms with Crippen molar-refractivity contribution in [3.05, 3.63) is 28.2 Å². The Balaban J connectivity index is 2.34. The third-order valence-corrected chi connectivity index (χ3v) is 2.68. The molecule has 12 heavy (non-hydrogen) atoms. The van der Waals surface area contributed by atoms with Crippen molar-refractivity contribution < 1.29 is 5.11 Å². The molecule has 1 aromatic rings. The Hall–Kier alpha value is -0.540. The highest BCUT2D eigenvalue weighted by molar-refractivity contribution is 9.10. The third kappa shape index (κ3) is 1.34. The molecule has 1 saturated heterocycles. The SMILES string of the molecule is Oc1ccc(Br)cc1[C@H]1CCN1.